The highest BCUT2D eigenvalue weighted by atomic mass is 79.9. The summed E-state index contributed by atoms with van der Waals surface area (Å²) >= 11 is 9.34. The van der Waals surface area contributed by atoms with E-state index < -0.39 is 0 Å². The molecule has 0 radical (unpaired) electrons. The van der Waals surface area contributed by atoms with E-state index in [0.29, 0.717) is 10.7 Å². The maximum Gasteiger partial charge on any atom is 0.138 e. The molecule has 2 nitrogen and oxygen atoms in total. The Kier molecular flexibility index (Phi) is 2.39. The Hall–Kier alpha value is -0.410. The Morgan fingerprint density at radius 2 is 2.31 bits per heavy atom. The Morgan fingerprint density at radius 3 is 3.08 bits per heavy atom. The van der Waals surface area contributed by atoms with Crippen LogP contribution in [0.1, 0.15) is 12.0 Å². The molecule has 4 heteroatoms. The van der Waals surface area contributed by atoms with Gasteiger partial charge >= 0.3 is 0 Å². The average molecular weight is 263 g/mol. The lowest BCUT2D eigenvalue weighted by Crippen LogP contribution is -2.09. The van der Waals surface area contributed by atoms with Gasteiger partial charge in [-0.05, 0) is 40.4 Å². The van der Waals surface area contributed by atoms with Crippen LogP contribution in [0.15, 0.2) is 10.5 Å². The first kappa shape index (κ1) is 9.16. The lowest BCUT2D eigenvalue weighted by molar-refractivity contribution is 0.286. The molecule has 70 valence electrons. The molecule has 1 aromatic carbocycles. The van der Waals surface area contributed by atoms with Gasteiger partial charge in [0.2, 0.25) is 0 Å². The first-order chi connectivity index (χ1) is 6.20. The average Bonchev–Trinajstić information content (AvgIpc) is 2.15. The van der Waals surface area contributed by atoms with Crippen molar-refractivity contribution in [3.63, 3.8) is 0 Å². The van der Waals surface area contributed by atoms with E-state index in [4.69, 9.17) is 22.1 Å². The molecule has 0 spiro atoms. The second-order valence-corrected chi connectivity index (χ2v) is 4.20. The second kappa shape index (κ2) is 3.39. The summed E-state index contributed by atoms with van der Waals surface area (Å²) < 4.78 is 6.28. The molecule has 1 aromatic rings. The van der Waals surface area contributed by atoms with Crippen LogP contribution >= 0.6 is 27.5 Å². The van der Waals surface area contributed by atoms with Gasteiger partial charge in [-0.25, -0.2) is 0 Å². The molecule has 0 aromatic heterocycles. The van der Waals surface area contributed by atoms with E-state index in [2.05, 4.69) is 15.9 Å². The minimum absolute atomic E-state index is 0.542. The maximum absolute atomic E-state index is 5.96. The maximum atomic E-state index is 5.96. The van der Waals surface area contributed by atoms with E-state index in [9.17, 15) is 0 Å². The molecule has 1 aliphatic rings. The predicted octanol–water partition coefficient (Wildman–Crippen LogP) is 3.01. The lowest BCUT2D eigenvalue weighted by Gasteiger charge is -2.19. The first-order valence-electron chi connectivity index (χ1n) is 4.09. The number of nitrogen functional groups attached to an aromatic ring is 1. The summed E-state index contributed by atoms with van der Waals surface area (Å²) in [5, 5.41) is 0.542. The van der Waals surface area contributed by atoms with E-state index in [1.54, 1.807) is 0 Å². The third kappa shape index (κ3) is 1.51. The monoisotopic (exact) mass is 261 g/mol. The van der Waals surface area contributed by atoms with Crippen molar-refractivity contribution in [3.8, 4) is 5.75 Å². The van der Waals surface area contributed by atoms with Crippen LogP contribution in [0.5, 0.6) is 5.75 Å². The number of aryl methyl sites for hydroxylation is 1. The zero-order valence-electron chi connectivity index (χ0n) is 6.94. The number of rotatable bonds is 0. The topological polar surface area (TPSA) is 35.2 Å². The minimum Gasteiger partial charge on any atom is -0.492 e. The fraction of sp³-hybridized carbons (Fsp3) is 0.333. The van der Waals surface area contributed by atoms with E-state index in [1.807, 2.05) is 6.07 Å². The van der Waals surface area contributed by atoms with E-state index >= 15 is 0 Å². The fourth-order valence-electron chi connectivity index (χ4n) is 1.46. The number of hydrogen-bond acceptors (Lipinski definition) is 2. The molecule has 2 N–H and O–H groups in total. The largest absolute Gasteiger partial charge is 0.492 e. The van der Waals surface area contributed by atoms with Crippen LogP contribution in [0.3, 0.4) is 0 Å². The van der Waals surface area contributed by atoms with Crippen molar-refractivity contribution >= 4 is 33.2 Å². The molecule has 0 saturated heterocycles. The third-order valence-corrected chi connectivity index (χ3v) is 3.50. The number of benzene rings is 1. The van der Waals surface area contributed by atoms with Gasteiger partial charge in [0.1, 0.15) is 5.75 Å². The van der Waals surface area contributed by atoms with Gasteiger partial charge in [-0.2, -0.15) is 0 Å². The number of anilines is 1. The van der Waals surface area contributed by atoms with Gasteiger partial charge in [0, 0.05) is 0 Å². The molecule has 0 atom stereocenters. The minimum atomic E-state index is 0.542. The highest BCUT2D eigenvalue weighted by Crippen LogP contribution is 2.41. The van der Waals surface area contributed by atoms with Crippen LogP contribution in [-0.2, 0) is 6.42 Å². The normalized spacial score (nSPS) is 14.9. The first-order valence-corrected chi connectivity index (χ1v) is 5.26. The van der Waals surface area contributed by atoms with Crippen LogP contribution in [-0.4, -0.2) is 6.61 Å². The van der Waals surface area contributed by atoms with Crippen molar-refractivity contribution in [2.24, 2.45) is 0 Å². The standard InChI is InChI=1S/C9H9BrClNO/c10-7-8(11)6(12)4-5-2-1-3-13-9(5)7/h4H,1-3,12H2. The molecule has 0 bridgehead atoms. The van der Waals surface area contributed by atoms with E-state index in [-0.39, 0.29) is 0 Å². The smallest absolute Gasteiger partial charge is 0.138 e. The Balaban J connectivity index is 2.60. The van der Waals surface area contributed by atoms with Crippen molar-refractivity contribution in [2.45, 2.75) is 12.8 Å². The zero-order chi connectivity index (χ0) is 9.42. The van der Waals surface area contributed by atoms with Crippen LogP contribution < -0.4 is 10.5 Å². The summed E-state index contributed by atoms with van der Waals surface area (Å²) in [6.07, 6.45) is 2.05. The quantitative estimate of drug-likeness (QED) is 0.730. The van der Waals surface area contributed by atoms with Gasteiger partial charge in [-0.15, -0.1) is 0 Å². The summed E-state index contributed by atoms with van der Waals surface area (Å²) in [7, 11) is 0. The summed E-state index contributed by atoms with van der Waals surface area (Å²) in [6, 6.07) is 1.89. The molecular formula is C9H9BrClNO. The lowest BCUT2D eigenvalue weighted by atomic mass is 10.1. The highest BCUT2D eigenvalue weighted by molar-refractivity contribution is 9.10. The Labute approximate surface area is 90.1 Å². The van der Waals surface area contributed by atoms with Gasteiger partial charge in [0.05, 0.1) is 21.8 Å². The molecule has 0 amide bonds. The fourth-order valence-corrected chi connectivity index (χ4v) is 2.20. The Bertz CT molecular complexity index is 354. The molecule has 1 heterocycles. The molecule has 13 heavy (non-hydrogen) atoms. The zero-order valence-corrected chi connectivity index (χ0v) is 9.28. The van der Waals surface area contributed by atoms with Crippen molar-refractivity contribution < 1.29 is 4.74 Å². The predicted molar refractivity (Wildman–Crippen MR) is 57.4 cm³/mol. The van der Waals surface area contributed by atoms with Crippen LogP contribution in [0, 0.1) is 0 Å². The van der Waals surface area contributed by atoms with Crippen molar-refractivity contribution in [2.75, 3.05) is 12.3 Å². The number of nitrogens with two attached hydrogens (primary N) is 1. The van der Waals surface area contributed by atoms with E-state index in [0.717, 1.165) is 35.2 Å². The molecule has 0 unspecified atom stereocenters. The second-order valence-electron chi connectivity index (χ2n) is 3.03. The van der Waals surface area contributed by atoms with Crippen molar-refractivity contribution in [1.29, 1.82) is 0 Å². The summed E-state index contributed by atoms with van der Waals surface area (Å²) in [6.45, 7) is 0.756. The molecular weight excluding hydrogens is 253 g/mol. The molecule has 0 fully saturated rings. The summed E-state index contributed by atoms with van der Waals surface area (Å²) in [5.41, 5.74) is 7.48. The number of halogens is 2. The van der Waals surface area contributed by atoms with Gasteiger partial charge in [-0.1, -0.05) is 11.6 Å². The Morgan fingerprint density at radius 1 is 1.54 bits per heavy atom. The van der Waals surface area contributed by atoms with Crippen molar-refractivity contribution in [1.82, 2.24) is 0 Å². The molecule has 0 aliphatic carbocycles. The van der Waals surface area contributed by atoms with Crippen molar-refractivity contribution in [3.05, 3.63) is 21.1 Å². The SMILES string of the molecule is Nc1cc2c(c(Br)c1Cl)OCCC2. The van der Waals surface area contributed by atoms with Gasteiger partial charge in [0.25, 0.3) is 0 Å². The van der Waals surface area contributed by atoms with Crippen LogP contribution in [0.25, 0.3) is 0 Å². The number of ether oxygens (including phenoxy) is 1. The van der Waals surface area contributed by atoms with Crippen LogP contribution in [0.4, 0.5) is 5.69 Å². The van der Waals surface area contributed by atoms with Gasteiger partial charge in [0.15, 0.2) is 0 Å². The van der Waals surface area contributed by atoms with Crippen LogP contribution in [0.2, 0.25) is 5.02 Å². The molecule has 2 rings (SSSR count). The number of fused-ring (bicyclic) bond motifs is 1. The molecule has 1 aliphatic heterocycles. The summed E-state index contributed by atoms with van der Waals surface area (Å²) in [5.74, 6) is 0.852. The molecule has 0 saturated carbocycles. The highest BCUT2D eigenvalue weighted by Gasteiger charge is 2.17. The van der Waals surface area contributed by atoms with E-state index in [1.165, 1.54) is 0 Å². The van der Waals surface area contributed by atoms with Gasteiger partial charge in [-0.3, -0.25) is 0 Å². The summed E-state index contributed by atoms with van der Waals surface area (Å²) in [4.78, 5) is 0. The third-order valence-electron chi connectivity index (χ3n) is 2.10. The van der Waals surface area contributed by atoms with Gasteiger partial charge < -0.3 is 10.5 Å². The number of hydrogen-bond donors (Lipinski definition) is 1.